The van der Waals surface area contributed by atoms with Gasteiger partial charge in [-0.05, 0) is 67.3 Å². The molecule has 3 aromatic rings. The standard InChI is InChI=1S/C32H38N4O3S/c1-7-40-26-13-9-12-22(14-26)30(38)36(23-15-25(37)16-23)24(18-32(4,5)6)19-39-28-17-27(33-31(34-28)35-40)29-20(2)10-8-11-21(29)3/h7-14,17,23-24H,15-16,18-19H2,1-6H3,(H,33,34,35)/t24-,40?/m1/s1. The number of anilines is 1. The molecule has 2 heterocycles. The molecule has 7 nitrogen and oxygen atoms in total. The molecule has 1 aliphatic heterocycles. The molecule has 1 N–H and O–H groups in total. The van der Waals surface area contributed by atoms with Crippen molar-refractivity contribution in [3.63, 3.8) is 0 Å². The van der Waals surface area contributed by atoms with Gasteiger partial charge in [0.05, 0.1) is 11.7 Å². The average molecular weight is 559 g/mol. The van der Waals surface area contributed by atoms with Crippen LogP contribution in [0.4, 0.5) is 5.95 Å². The summed E-state index contributed by atoms with van der Waals surface area (Å²) in [6, 6.07) is 15.5. The van der Waals surface area contributed by atoms with Gasteiger partial charge in [0.25, 0.3) is 5.91 Å². The Morgan fingerprint density at radius 2 is 1.75 bits per heavy atom. The largest absolute Gasteiger partial charge is 0.475 e. The van der Waals surface area contributed by atoms with Crippen LogP contribution in [0, 0.1) is 19.3 Å². The van der Waals surface area contributed by atoms with Crippen LogP contribution in [0.1, 0.15) is 68.4 Å². The van der Waals surface area contributed by atoms with Gasteiger partial charge in [-0.2, -0.15) is 4.98 Å². The maximum atomic E-state index is 14.1. The first-order chi connectivity index (χ1) is 19.0. The number of hydrogen-bond acceptors (Lipinski definition) is 6. The Kier molecular flexibility index (Phi) is 7.82. The molecular formula is C32H38N4O3S. The predicted molar refractivity (Wildman–Crippen MR) is 162 cm³/mol. The Bertz CT molecular complexity index is 1470. The van der Waals surface area contributed by atoms with Gasteiger partial charge in [-0.1, -0.05) is 55.7 Å². The number of rotatable bonds is 3. The summed E-state index contributed by atoms with van der Waals surface area (Å²) in [6.07, 6.45) is 1.49. The zero-order valence-corrected chi connectivity index (χ0v) is 25.0. The lowest BCUT2D eigenvalue weighted by Crippen LogP contribution is -2.55. The summed E-state index contributed by atoms with van der Waals surface area (Å²) >= 11 is 0. The lowest BCUT2D eigenvalue weighted by Gasteiger charge is -2.43. The number of nitrogens with zero attached hydrogens (tertiary/aromatic N) is 3. The Morgan fingerprint density at radius 3 is 2.40 bits per heavy atom. The summed E-state index contributed by atoms with van der Waals surface area (Å²) in [5.41, 5.74) is 4.64. The Morgan fingerprint density at radius 1 is 1.05 bits per heavy atom. The topological polar surface area (TPSA) is 84.4 Å². The third-order valence-corrected chi connectivity index (χ3v) is 9.07. The van der Waals surface area contributed by atoms with Crippen molar-refractivity contribution in [2.24, 2.45) is 5.41 Å². The minimum absolute atomic E-state index is 0.0647. The van der Waals surface area contributed by atoms with Crippen molar-refractivity contribution in [2.45, 2.75) is 77.8 Å². The molecule has 5 rings (SSSR count). The number of aryl methyl sites for hydroxylation is 2. The van der Waals surface area contributed by atoms with Crippen molar-refractivity contribution in [1.29, 1.82) is 0 Å². The normalized spacial score (nSPS) is 20.1. The molecule has 0 radical (unpaired) electrons. The number of Topliss-reactive ketones (excluding diaryl/α,β-unsaturated/α-hetero) is 1. The van der Waals surface area contributed by atoms with E-state index in [1.165, 1.54) is 0 Å². The number of hydrogen-bond donors (Lipinski definition) is 1. The second kappa shape index (κ2) is 11.2. The summed E-state index contributed by atoms with van der Waals surface area (Å²) in [5.74, 6) is 1.05. The average Bonchev–Trinajstić information content (AvgIpc) is 2.88. The zero-order chi connectivity index (χ0) is 28.6. The molecule has 2 aromatic carbocycles. The van der Waals surface area contributed by atoms with E-state index < -0.39 is 10.7 Å². The number of carbonyl (C=O) groups excluding carboxylic acids is 2. The number of benzene rings is 2. The van der Waals surface area contributed by atoms with Crippen molar-refractivity contribution < 1.29 is 14.3 Å². The molecule has 2 atom stereocenters. The number of fused-ring (bicyclic) bond motifs is 4. The number of amides is 1. The fraction of sp³-hybridized carbons (Fsp3) is 0.406. The lowest BCUT2D eigenvalue weighted by atomic mass is 9.83. The molecule has 210 valence electrons. The minimum atomic E-state index is -0.560. The van der Waals surface area contributed by atoms with E-state index >= 15 is 0 Å². The van der Waals surface area contributed by atoms with Crippen molar-refractivity contribution >= 4 is 33.7 Å². The maximum Gasteiger partial charge on any atom is 0.254 e. The van der Waals surface area contributed by atoms with Gasteiger partial charge >= 0.3 is 0 Å². The first kappa shape index (κ1) is 28.0. The van der Waals surface area contributed by atoms with Crippen molar-refractivity contribution in [3.8, 4) is 17.1 Å². The van der Waals surface area contributed by atoms with Gasteiger partial charge in [-0.15, -0.1) is 0 Å². The number of aromatic nitrogens is 2. The van der Waals surface area contributed by atoms with Crippen LogP contribution < -0.4 is 9.46 Å². The van der Waals surface area contributed by atoms with Crippen LogP contribution in [-0.2, 0) is 4.79 Å². The third kappa shape index (κ3) is 5.97. The second-order valence-electron chi connectivity index (χ2n) is 11.9. The molecule has 1 unspecified atom stereocenters. The highest BCUT2D eigenvalue weighted by Gasteiger charge is 2.40. The summed E-state index contributed by atoms with van der Waals surface area (Å²) in [7, 11) is -0.560. The number of ether oxygens (including phenoxy) is 1. The van der Waals surface area contributed by atoms with E-state index in [0.717, 1.165) is 33.7 Å². The fourth-order valence-corrected chi connectivity index (χ4v) is 6.85. The summed E-state index contributed by atoms with van der Waals surface area (Å²) in [6.45, 7) is 12.9. The molecule has 4 bridgehead atoms. The van der Waals surface area contributed by atoms with Crippen LogP contribution >= 0.6 is 10.7 Å². The van der Waals surface area contributed by atoms with Crippen LogP contribution in [0.15, 0.2) is 53.4 Å². The fourth-order valence-electron chi connectivity index (χ4n) is 5.58. The van der Waals surface area contributed by atoms with Gasteiger partial charge < -0.3 is 14.4 Å². The van der Waals surface area contributed by atoms with Crippen molar-refractivity contribution in [3.05, 3.63) is 65.2 Å². The Balaban J connectivity index is 1.67. The van der Waals surface area contributed by atoms with Crippen LogP contribution in [-0.4, -0.2) is 50.6 Å². The lowest BCUT2D eigenvalue weighted by molar-refractivity contribution is -0.128. The summed E-state index contributed by atoms with van der Waals surface area (Å²) in [4.78, 5) is 38.8. The molecule has 1 amide bonds. The number of ketones is 1. The van der Waals surface area contributed by atoms with Crippen LogP contribution in [0.5, 0.6) is 5.88 Å². The quantitative estimate of drug-likeness (QED) is 0.364. The predicted octanol–water partition coefficient (Wildman–Crippen LogP) is 6.61. The van der Waals surface area contributed by atoms with Crippen LogP contribution in [0.25, 0.3) is 11.3 Å². The third-order valence-electron chi connectivity index (χ3n) is 7.43. The van der Waals surface area contributed by atoms with E-state index in [-0.39, 0.29) is 35.8 Å². The van der Waals surface area contributed by atoms with Gasteiger partial charge in [0.2, 0.25) is 11.8 Å². The van der Waals surface area contributed by atoms with Crippen molar-refractivity contribution in [1.82, 2.24) is 14.9 Å². The van der Waals surface area contributed by atoms with Crippen LogP contribution in [0.3, 0.4) is 0 Å². The Hall–Kier alpha value is -3.52. The van der Waals surface area contributed by atoms with Crippen molar-refractivity contribution in [2.75, 3.05) is 11.3 Å². The molecule has 1 saturated carbocycles. The Labute approximate surface area is 239 Å². The molecule has 0 saturated heterocycles. The summed E-state index contributed by atoms with van der Waals surface area (Å²) < 4.78 is 9.93. The molecule has 1 aromatic heterocycles. The molecule has 40 heavy (non-hydrogen) atoms. The molecule has 2 aliphatic rings. The zero-order valence-electron chi connectivity index (χ0n) is 24.2. The van der Waals surface area contributed by atoms with E-state index in [4.69, 9.17) is 14.7 Å². The maximum absolute atomic E-state index is 14.1. The second-order valence-corrected chi connectivity index (χ2v) is 13.8. The molecule has 8 heteroatoms. The van der Waals surface area contributed by atoms with E-state index in [0.29, 0.717) is 30.2 Å². The highest BCUT2D eigenvalue weighted by molar-refractivity contribution is 8.16. The SMILES string of the molecule is C/C=S1/Nc2nc(cc(-c3c(C)cccc3C)n2)OC[C@@H](CC(C)(C)C)N(C2CC(=O)C2)C(=O)c2cccc1c2. The van der Waals surface area contributed by atoms with Gasteiger partial charge in [0, 0.05) is 41.0 Å². The van der Waals surface area contributed by atoms with Gasteiger partial charge in [-0.3, -0.25) is 9.59 Å². The van der Waals surface area contributed by atoms with E-state index in [9.17, 15) is 9.59 Å². The van der Waals surface area contributed by atoms with Gasteiger partial charge in [0.15, 0.2) is 0 Å². The minimum Gasteiger partial charge on any atom is -0.475 e. The number of nitrogens with one attached hydrogen (secondary N) is 1. The van der Waals surface area contributed by atoms with E-state index in [1.54, 1.807) is 0 Å². The number of carbonyl (C=O) groups is 2. The molecule has 1 aliphatic carbocycles. The monoisotopic (exact) mass is 558 g/mol. The van der Waals surface area contributed by atoms with E-state index in [2.05, 4.69) is 56.8 Å². The highest BCUT2D eigenvalue weighted by Crippen LogP contribution is 2.35. The highest BCUT2D eigenvalue weighted by atomic mass is 32.2. The first-order valence-corrected chi connectivity index (χ1v) is 15.1. The summed E-state index contributed by atoms with van der Waals surface area (Å²) in [5, 5.41) is 2.06. The van der Waals surface area contributed by atoms with Gasteiger partial charge in [0.1, 0.15) is 12.4 Å². The molecule has 1 fully saturated rings. The van der Waals surface area contributed by atoms with E-state index in [1.807, 2.05) is 48.2 Å². The molecule has 0 spiro atoms. The smallest absolute Gasteiger partial charge is 0.254 e. The molecular weight excluding hydrogens is 520 g/mol. The van der Waals surface area contributed by atoms with Gasteiger partial charge in [-0.25, -0.2) is 4.98 Å². The van der Waals surface area contributed by atoms with Crippen LogP contribution in [0.2, 0.25) is 0 Å². The first-order valence-electron chi connectivity index (χ1n) is 13.8.